The van der Waals surface area contributed by atoms with Crippen molar-refractivity contribution in [2.75, 3.05) is 0 Å². The average molecular weight is 271 g/mol. The summed E-state index contributed by atoms with van der Waals surface area (Å²) < 4.78 is 0. The van der Waals surface area contributed by atoms with Crippen LogP contribution in [-0.4, -0.2) is 15.2 Å². The van der Waals surface area contributed by atoms with Gasteiger partial charge in [0.05, 0.1) is 11.2 Å². The van der Waals surface area contributed by atoms with Crippen LogP contribution in [0, 0.1) is 0 Å². The van der Waals surface area contributed by atoms with Gasteiger partial charge >= 0.3 is 0 Å². The molecule has 0 atom stereocenters. The van der Waals surface area contributed by atoms with Crippen LogP contribution in [-0.2, 0) is 0 Å². The van der Waals surface area contributed by atoms with Crippen LogP contribution >= 0.6 is 0 Å². The molecule has 2 aromatic carbocycles. The Labute approximate surface area is 122 Å². The van der Waals surface area contributed by atoms with Gasteiger partial charge in [-0.15, -0.1) is 0 Å². The molecule has 2 aromatic heterocycles. The highest BCUT2D eigenvalue weighted by atomic mass is 15.1. The average Bonchev–Trinajstić information content (AvgIpc) is 2.99. The van der Waals surface area contributed by atoms with E-state index in [2.05, 4.69) is 45.5 Å². The molecule has 0 aliphatic heterocycles. The Morgan fingerprint density at radius 1 is 0.714 bits per heavy atom. The minimum absolute atomic E-state index is 0.988. The van der Waals surface area contributed by atoms with E-state index in [4.69, 9.17) is 0 Å². The summed E-state index contributed by atoms with van der Waals surface area (Å²) in [5.74, 6) is 0. The second-order valence-electron chi connectivity index (χ2n) is 4.93. The third kappa shape index (κ3) is 2.09. The summed E-state index contributed by atoms with van der Waals surface area (Å²) in [5, 5.41) is 8.70. The molecule has 0 amide bonds. The summed E-state index contributed by atoms with van der Waals surface area (Å²) in [6.07, 6.45) is 3.63. The van der Waals surface area contributed by atoms with Crippen molar-refractivity contribution in [3.8, 4) is 22.4 Å². The first kappa shape index (κ1) is 11.9. The molecule has 100 valence electrons. The first-order valence-electron chi connectivity index (χ1n) is 6.86. The maximum atomic E-state index is 4.46. The van der Waals surface area contributed by atoms with Crippen LogP contribution in [0.15, 0.2) is 73.1 Å². The molecule has 0 saturated carbocycles. The molecule has 0 aliphatic carbocycles. The van der Waals surface area contributed by atoms with Gasteiger partial charge in [-0.05, 0) is 35.4 Å². The van der Waals surface area contributed by atoms with Gasteiger partial charge < -0.3 is 0 Å². The third-order valence-corrected chi connectivity index (χ3v) is 3.62. The monoisotopic (exact) mass is 271 g/mol. The zero-order chi connectivity index (χ0) is 14.1. The van der Waals surface area contributed by atoms with Crippen molar-refractivity contribution in [1.82, 2.24) is 15.2 Å². The highest BCUT2D eigenvalue weighted by Gasteiger charge is 2.09. The van der Waals surface area contributed by atoms with Gasteiger partial charge in [0.1, 0.15) is 0 Å². The zero-order valence-corrected chi connectivity index (χ0v) is 11.3. The molecule has 1 N–H and O–H groups in total. The fourth-order valence-corrected chi connectivity index (χ4v) is 2.55. The van der Waals surface area contributed by atoms with E-state index >= 15 is 0 Å². The molecule has 0 spiro atoms. The molecule has 0 aliphatic rings. The maximum absolute atomic E-state index is 4.46. The Morgan fingerprint density at radius 2 is 1.52 bits per heavy atom. The van der Waals surface area contributed by atoms with E-state index in [1.807, 2.05) is 42.7 Å². The lowest BCUT2D eigenvalue weighted by Crippen LogP contribution is -1.80. The van der Waals surface area contributed by atoms with Gasteiger partial charge in [-0.2, -0.15) is 5.10 Å². The van der Waals surface area contributed by atoms with Crippen molar-refractivity contribution in [1.29, 1.82) is 0 Å². The number of nitrogens with one attached hydrogen (secondary N) is 1. The minimum atomic E-state index is 0.988. The normalized spacial score (nSPS) is 10.9. The molecule has 0 unspecified atom stereocenters. The van der Waals surface area contributed by atoms with Gasteiger partial charge in [0.2, 0.25) is 0 Å². The summed E-state index contributed by atoms with van der Waals surface area (Å²) in [6, 6.07) is 20.6. The molecule has 4 rings (SSSR count). The number of pyridine rings is 1. The largest absolute Gasteiger partial charge is 0.277 e. The summed E-state index contributed by atoms with van der Waals surface area (Å²) in [6.45, 7) is 0. The van der Waals surface area contributed by atoms with Crippen LogP contribution < -0.4 is 0 Å². The van der Waals surface area contributed by atoms with Gasteiger partial charge in [0.25, 0.3) is 0 Å². The summed E-state index contributed by atoms with van der Waals surface area (Å²) >= 11 is 0. The standard InChI is InChI=1S/C18H13N3/c1-2-4-14(5-3-1)18-16-12-15(6-7-17(16)20-21-18)13-8-10-19-11-9-13/h1-12H,(H,20,21). The van der Waals surface area contributed by atoms with Gasteiger partial charge in [-0.1, -0.05) is 36.4 Å². The second kappa shape index (κ2) is 4.87. The number of benzene rings is 2. The molecule has 2 heterocycles. The van der Waals surface area contributed by atoms with E-state index in [9.17, 15) is 0 Å². The van der Waals surface area contributed by atoms with Crippen LogP contribution in [0.5, 0.6) is 0 Å². The van der Waals surface area contributed by atoms with Crippen molar-refractivity contribution in [3.05, 3.63) is 73.1 Å². The molecule has 0 radical (unpaired) electrons. The first-order chi connectivity index (χ1) is 10.4. The lowest BCUT2D eigenvalue weighted by atomic mass is 10.0. The van der Waals surface area contributed by atoms with Gasteiger partial charge in [-0.25, -0.2) is 0 Å². The maximum Gasteiger partial charge on any atom is 0.0999 e. The predicted molar refractivity (Wildman–Crippen MR) is 84.8 cm³/mol. The van der Waals surface area contributed by atoms with Crippen molar-refractivity contribution in [2.24, 2.45) is 0 Å². The van der Waals surface area contributed by atoms with Crippen LogP contribution in [0.1, 0.15) is 0 Å². The van der Waals surface area contributed by atoms with Crippen LogP contribution in [0.3, 0.4) is 0 Å². The first-order valence-corrected chi connectivity index (χ1v) is 6.86. The highest BCUT2D eigenvalue weighted by Crippen LogP contribution is 2.30. The van der Waals surface area contributed by atoms with Gasteiger partial charge in [-0.3, -0.25) is 10.1 Å². The smallest absolute Gasteiger partial charge is 0.0999 e. The quantitative estimate of drug-likeness (QED) is 0.591. The van der Waals surface area contributed by atoms with Gasteiger partial charge in [0, 0.05) is 23.3 Å². The summed E-state index contributed by atoms with van der Waals surface area (Å²) in [7, 11) is 0. The van der Waals surface area contributed by atoms with Gasteiger partial charge in [0.15, 0.2) is 0 Å². The third-order valence-electron chi connectivity index (χ3n) is 3.62. The molecule has 0 fully saturated rings. The number of aromatic amines is 1. The molecule has 3 nitrogen and oxygen atoms in total. The van der Waals surface area contributed by atoms with E-state index in [0.717, 1.165) is 27.7 Å². The number of aromatic nitrogens is 3. The number of nitrogens with zero attached hydrogens (tertiary/aromatic N) is 2. The summed E-state index contributed by atoms with van der Waals surface area (Å²) in [4.78, 5) is 4.07. The molecule has 21 heavy (non-hydrogen) atoms. The number of rotatable bonds is 2. The number of H-pyrrole nitrogens is 1. The highest BCUT2D eigenvalue weighted by molar-refractivity contribution is 5.95. The number of hydrogen-bond acceptors (Lipinski definition) is 2. The van der Waals surface area contributed by atoms with Crippen molar-refractivity contribution in [2.45, 2.75) is 0 Å². The molecule has 4 aromatic rings. The molecule has 0 saturated heterocycles. The zero-order valence-electron chi connectivity index (χ0n) is 11.3. The SMILES string of the molecule is c1ccc(-c2n[nH]c3ccc(-c4ccncc4)cc23)cc1. The van der Waals surface area contributed by atoms with Crippen LogP contribution in [0.25, 0.3) is 33.3 Å². The topological polar surface area (TPSA) is 41.6 Å². The Hall–Kier alpha value is -2.94. The fraction of sp³-hybridized carbons (Fsp3) is 0. The molecule has 3 heteroatoms. The van der Waals surface area contributed by atoms with E-state index in [1.54, 1.807) is 0 Å². The molecular weight excluding hydrogens is 258 g/mol. The second-order valence-corrected chi connectivity index (χ2v) is 4.93. The fourth-order valence-electron chi connectivity index (χ4n) is 2.55. The van der Waals surface area contributed by atoms with E-state index < -0.39 is 0 Å². The van der Waals surface area contributed by atoms with E-state index in [1.165, 1.54) is 5.56 Å². The van der Waals surface area contributed by atoms with Crippen molar-refractivity contribution >= 4 is 10.9 Å². The Morgan fingerprint density at radius 3 is 2.33 bits per heavy atom. The Kier molecular flexibility index (Phi) is 2.75. The minimum Gasteiger partial charge on any atom is -0.277 e. The van der Waals surface area contributed by atoms with E-state index in [-0.39, 0.29) is 0 Å². The Bertz CT molecular complexity index is 880. The number of hydrogen-bond donors (Lipinski definition) is 1. The molecule has 0 bridgehead atoms. The lowest BCUT2D eigenvalue weighted by Gasteiger charge is -2.02. The number of fused-ring (bicyclic) bond motifs is 1. The van der Waals surface area contributed by atoms with Crippen molar-refractivity contribution < 1.29 is 0 Å². The summed E-state index contributed by atoms with van der Waals surface area (Å²) in [5.41, 5.74) is 5.49. The van der Waals surface area contributed by atoms with Crippen LogP contribution in [0.2, 0.25) is 0 Å². The van der Waals surface area contributed by atoms with Crippen LogP contribution in [0.4, 0.5) is 0 Å². The van der Waals surface area contributed by atoms with Crippen molar-refractivity contribution in [3.63, 3.8) is 0 Å². The van der Waals surface area contributed by atoms with E-state index in [0.29, 0.717) is 0 Å². The Balaban J connectivity index is 1.91. The predicted octanol–water partition coefficient (Wildman–Crippen LogP) is 4.29. The molecular formula is C18H13N3. The lowest BCUT2D eigenvalue weighted by molar-refractivity contribution is 1.12.